The van der Waals surface area contributed by atoms with Gasteiger partial charge in [0.25, 0.3) is 0 Å². The maximum atomic E-state index is 14.0. The Kier molecular flexibility index (Phi) is 10.2. The van der Waals surface area contributed by atoms with Crippen molar-refractivity contribution in [1.29, 1.82) is 0 Å². The molecule has 44 heavy (non-hydrogen) atoms. The molecule has 0 N–H and O–H groups in total. The molecule has 1 fully saturated rings. The molecule has 1 heterocycles. The molecule has 1 unspecified atom stereocenters. The van der Waals surface area contributed by atoms with Crippen LogP contribution in [0.3, 0.4) is 0 Å². The summed E-state index contributed by atoms with van der Waals surface area (Å²) in [4.78, 5) is 41.0. The normalized spacial score (nSPS) is 16.2. The number of alkyl halides is 3. The lowest BCUT2D eigenvalue weighted by Crippen LogP contribution is -2.48. The van der Waals surface area contributed by atoms with Crippen molar-refractivity contribution in [2.24, 2.45) is 0 Å². The second-order valence-corrected chi connectivity index (χ2v) is 12.5. The maximum absolute atomic E-state index is 14.0. The Bertz CT molecular complexity index is 1360. The topological polar surface area (TPSA) is 85.4 Å². The summed E-state index contributed by atoms with van der Waals surface area (Å²) in [7, 11) is 2.55. The van der Waals surface area contributed by atoms with Gasteiger partial charge in [-0.25, -0.2) is 9.59 Å². The molecule has 1 atom stereocenters. The molecule has 240 valence electrons. The van der Waals surface area contributed by atoms with Crippen molar-refractivity contribution in [1.82, 2.24) is 4.90 Å². The van der Waals surface area contributed by atoms with Crippen LogP contribution in [-0.2, 0) is 38.3 Å². The minimum atomic E-state index is -4.50. The molecule has 2 amide bonds. The summed E-state index contributed by atoms with van der Waals surface area (Å²) in [6.45, 7) is 5.17. The first-order valence-corrected chi connectivity index (χ1v) is 15.0. The summed E-state index contributed by atoms with van der Waals surface area (Å²) in [5.74, 6) is -0.599. The van der Waals surface area contributed by atoms with Gasteiger partial charge in [-0.3, -0.25) is 9.69 Å². The number of methoxy groups -OCH3 is 1. The van der Waals surface area contributed by atoms with Gasteiger partial charge in [0.2, 0.25) is 5.91 Å². The lowest BCUT2D eigenvalue weighted by atomic mass is 9.83. The Labute approximate surface area is 256 Å². The smallest absolute Gasteiger partial charge is 0.416 e. The Hall–Kier alpha value is -3.76. The Morgan fingerprint density at radius 3 is 2.36 bits per heavy atom. The zero-order valence-corrected chi connectivity index (χ0v) is 26.0. The summed E-state index contributed by atoms with van der Waals surface area (Å²) < 4.78 is 58.0. The maximum Gasteiger partial charge on any atom is 0.416 e. The summed E-state index contributed by atoms with van der Waals surface area (Å²) in [6.07, 6.45) is -0.0776. The second-order valence-electron chi connectivity index (χ2n) is 12.5. The van der Waals surface area contributed by atoms with E-state index in [1.807, 2.05) is 0 Å². The second kappa shape index (κ2) is 13.5. The summed E-state index contributed by atoms with van der Waals surface area (Å²) >= 11 is 0. The lowest BCUT2D eigenvalue weighted by molar-refractivity contribution is -0.148. The number of fused-ring (bicyclic) bond motifs is 1. The SMILES string of the molecule is COC(=O)C(CC(=O)N1CCc2cc(OCc3ccc(C4CCCCC4)cc3C(F)(F)F)ccc21)N(C)C(=O)OC(C)(C)C. The molecule has 8 nitrogen and oxygen atoms in total. The fraction of sp³-hybridized carbons (Fsp3) is 0.545. The van der Waals surface area contributed by atoms with Gasteiger partial charge in [-0.15, -0.1) is 0 Å². The number of anilines is 1. The largest absolute Gasteiger partial charge is 0.489 e. The van der Waals surface area contributed by atoms with E-state index in [9.17, 15) is 27.6 Å². The number of rotatable bonds is 8. The third kappa shape index (κ3) is 8.04. The number of esters is 1. The fourth-order valence-corrected chi connectivity index (χ4v) is 5.81. The quantitative estimate of drug-likeness (QED) is 0.296. The molecular weight excluding hydrogens is 577 g/mol. The number of hydrogen-bond acceptors (Lipinski definition) is 6. The van der Waals surface area contributed by atoms with Gasteiger partial charge in [0.05, 0.1) is 19.1 Å². The summed E-state index contributed by atoms with van der Waals surface area (Å²) in [5, 5.41) is 0. The molecule has 11 heteroatoms. The van der Waals surface area contributed by atoms with Crippen LogP contribution in [0.1, 0.15) is 87.5 Å². The molecule has 0 radical (unpaired) electrons. The molecule has 1 saturated carbocycles. The van der Waals surface area contributed by atoms with Gasteiger partial charge in [0.15, 0.2) is 0 Å². The third-order valence-corrected chi connectivity index (χ3v) is 8.15. The standard InChI is InChI=1S/C33H41F3N2O6/c1-32(2,3)44-31(41)37(4)28(30(40)42-5)19-29(39)38-16-15-23-17-25(13-14-27(23)38)43-20-24-12-11-22(18-26(24)33(34,35)36)21-9-7-6-8-10-21/h11-14,17-18,21,28H,6-10,15-16,19-20H2,1-5H3. The van der Waals surface area contributed by atoms with Crippen molar-refractivity contribution in [2.75, 3.05) is 25.6 Å². The third-order valence-electron chi connectivity index (χ3n) is 8.15. The van der Waals surface area contributed by atoms with Crippen molar-refractivity contribution in [3.8, 4) is 5.75 Å². The van der Waals surface area contributed by atoms with Crippen molar-refractivity contribution < 1.29 is 41.8 Å². The summed E-state index contributed by atoms with van der Waals surface area (Å²) in [6, 6.07) is 8.40. The van der Waals surface area contributed by atoms with E-state index in [0.29, 0.717) is 24.4 Å². The van der Waals surface area contributed by atoms with Gasteiger partial charge in [0.1, 0.15) is 24.0 Å². The van der Waals surface area contributed by atoms with Gasteiger partial charge in [-0.05, 0) is 81.3 Å². The fourth-order valence-electron chi connectivity index (χ4n) is 5.81. The highest BCUT2D eigenvalue weighted by Gasteiger charge is 2.37. The van der Waals surface area contributed by atoms with Crippen molar-refractivity contribution in [3.63, 3.8) is 0 Å². The van der Waals surface area contributed by atoms with Gasteiger partial charge in [0, 0.05) is 24.8 Å². The number of hydrogen-bond donors (Lipinski definition) is 0. The zero-order valence-electron chi connectivity index (χ0n) is 26.0. The molecule has 2 aromatic rings. The predicted molar refractivity (Wildman–Crippen MR) is 159 cm³/mol. The molecule has 0 bridgehead atoms. The van der Waals surface area contributed by atoms with Crippen LogP contribution >= 0.6 is 0 Å². The van der Waals surface area contributed by atoms with Gasteiger partial charge in [-0.1, -0.05) is 31.4 Å². The Morgan fingerprint density at radius 1 is 1.02 bits per heavy atom. The van der Waals surface area contributed by atoms with Gasteiger partial charge >= 0.3 is 18.2 Å². The van der Waals surface area contributed by atoms with Crippen LogP contribution in [0.5, 0.6) is 5.75 Å². The van der Waals surface area contributed by atoms with Crippen LogP contribution in [0.4, 0.5) is 23.7 Å². The highest BCUT2D eigenvalue weighted by atomic mass is 19.4. The predicted octanol–water partition coefficient (Wildman–Crippen LogP) is 7.02. The first-order valence-electron chi connectivity index (χ1n) is 15.0. The van der Waals surface area contributed by atoms with Crippen molar-refractivity contribution >= 4 is 23.7 Å². The number of ether oxygens (including phenoxy) is 3. The van der Waals surface area contributed by atoms with E-state index in [-0.39, 0.29) is 24.5 Å². The molecule has 4 rings (SSSR count). The number of nitrogens with zero attached hydrogens (tertiary/aromatic N) is 2. The molecule has 2 aliphatic rings. The minimum absolute atomic E-state index is 0.0670. The number of halogens is 3. The van der Waals surface area contributed by atoms with Crippen LogP contribution in [0.2, 0.25) is 0 Å². The van der Waals surface area contributed by atoms with E-state index in [1.54, 1.807) is 45.0 Å². The van der Waals surface area contributed by atoms with Crippen LogP contribution < -0.4 is 9.64 Å². The van der Waals surface area contributed by atoms with Crippen LogP contribution in [0.25, 0.3) is 0 Å². The number of carbonyl (C=O) groups excluding carboxylic acids is 3. The van der Waals surface area contributed by atoms with Crippen LogP contribution in [0, 0.1) is 0 Å². The lowest BCUT2D eigenvalue weighted by Gasteiger charge is -2.30. The van der Waals surface area contributed by atoms with E-state index in [2.05, 4.69) is 0 Å². The summed E-state index contributed by atoms with van der Waals surface area (Å²) in [5.41, 5.74) is 0.728. The number of carbonyl (C=O) groups is 3. The van der Waals surface area contributed by atoms with E-state index < -0.39 is 41.4 Å². The number of amides is 2. The van der Waals surface area contributed by atoms with E-state index in [0.717, 1.165) is 48.1 Å². The number of likely N-dealkylation sites (N-methyl/N-ethyl adjacent to an activating group) is 1. The van der Waals surface area contributed by atoms with Crippen molar-refractivity contribution in [2.45, 2.75) is 96.1 Å². The highest BCUT2D eigenvalue weighted by Crippen LogP contribution is 2.39. The Morgan fingerprint density at radius 2 is 1.73 bits per heavy atom. The number of benzene rings is 2. The van der Waals surface area contributed by atoms with E-state index in [1.165, 1.54) is 31.2 Å². The first kappa shape index (κ1) is 33.1. The van der Waals surface area contributed by atoms with Gasteiger partial charge in [-0.2, -0.15) is 13.2 Å². The molecule has 0 aromatic heterocycles. The van der Waals surface area contributed by atoms with Crippen LogP contribution in [-0.4, -0.2) is 55.2 Å². The van der Waals surface area contributed by atoms with E-state index >= 15 is 0 Å². The van der Waals surface area contributed by atoms with Crippen molar-refractivity contribution in [3.05, 3.63) is 58.7 Å². The monoisotopic (exact) mass is 618 g/mol. The minimum Gasteiger partial charge on any atom is -0.489 e. The van der Waals surface area contributed by atoms with E-state index in [4.69, 9.17) is 14.2 Å². The first-order chi connectivity index (χ1) is 20.7. The van der Waals surface area contributed by atoms with Gasteiger partial charge < -0.3 is 19.1 Å². The average molecular weight is 619 g/mol. The molecule has 1 aliphatic heterocycles. The molecular formula is C33H41F3N2O6. The highest BCUT2D eigenvalue weighted by molar-refractivity contribution is 5.98. The molecule has 0 saturated heterocycles. The van der Waals surface area contributed by atoms with Crippen LogP contribution in [0.15, 0.2) is 36.4 Å². The molecule has 1 aliphatic carbocycles. The zero-order chi connectivity index (χ0) is 32.2. The Balaban J connectivity index is 1.45. The molecule has 0 spiro atoms. The average Bonchev–Trinajstić information content (AvgIpc) is 3.40. The molecule has 2 aromatic carbocycles.